The first-order valence-corrected chi connectivity index (χ1v) is 7.21. The lowest BCUT2D eigenvalue weighted by molar-refractivity contribution is 0.925. The van der Waals surface area contributed by atoms with E-state index in [1.54, 1.807) is 28.1 Å². The molecule has 6 heavy (non-hydrogen) atoms. The van der Waals surface area contributed by atoms with E-state index in [9.17, 15) is 3.89 Å². The molecule has 0 amide bonds. The third-order valence-corrected chi connectivity index (χ3v) is 3.93. The monoisotopic (exact) mass is 240 g/mol. The Kier molecular flexibility index (Phi) is 3.03. The van der Waals surface area contributed by atoms with Gasteiger partial charge in [-0.1, -0.05) is 6.92 Å². The molecule has 0 aromatic carbocycles. The van der Waals surface area contributed by atoms with Gasteiger partial charge in [-0.25, -0.2) is 0 Å². The summed E-state index contributed by atoms with van der Waals surface area (Å²) in [5, 5.41) is 0. The van der Waals surface area contributed by atoms with Crippen LogP contribution in [0.1, 0.15) is 6.92 Å². The molecular weight excluding hydrogens is 234 g/mol. The van der Waals surface area contributed by atoms with Gasteiger partial charge in [-0.3, -0.25) is 0 Å². The van der Waals surface area contributed by atoms with Gasteiger partial charge in [0.2, 0.25) is 0 Å². The minimum absolute atomic E-state index is 0.517. The predicted octanol–water partition coefficient (Wildman–Crippen LogP) is 1.59. The van der Waals surface area contributed by atoms with Crippen LogP contribution in [-0.4, -0.2) is 5.75 Å². The van der Waals surface area contributed by atoms with Gasteiger partial charge in [0.25, 0.3) is 0 Å². The molecule has 0 aromatic heterocycles. The Morgan fingerprint density at radius 1 is 2.00 bits per heavy atom. The van der Waals surface area contributed by atoms with E-state index < -0.39 is 6.14 Å². The highest BCUT2D eigenvalue weighted by molar-refractivity contribution is 14.2. The van der Waals surface area contributed by atoms with Crippen LogP contribution >= 0.6 is 21.2 Å². The third-order valence-electron chi connectivity index (χ3n) is 0.368. The summed E-state index contributed by atoms with van der Waals surface area (Å²) < 4.78 is 12.0. The fraction of sp³-hybridized carbons (Fsp3) is 1.00. The van der Waals surface area contributed by atoms with E-state index in [1.807, 2.05) is 0 Å². The lowest BCUT2D eigenvalue weighted by Crippen LogP contribution is -1.89. The lowest BCUT2D eigenvalue weighted by Gasteiger charge is -2.00. The number of thiol groups is 1. The molecule has 0 aromatic rings. The first-order valence-electron chi connectivity index (χ1n) is 1.54. The summed E-state index contributed by atoms with van der Waals surface area (Å²) in [4.78, 5) is 0. The zero-order valence-electron chi connectivity index (χ0n) is 3.32. The molecule has 0 unspecified atom stereocenters. The van der Waals surface area contributed by atoms with E-state index in [1.165, 1.54) is 0 Å². The molecular formula is C2H6FIS2. The van der Waals surface area contributed by atoms with Crippen LogP contribution in [0.4, 0.5) is 3.89 Å². The molecule has 4 heteroatoms. The van der Waals surface area contributed by atoms with E-state index >= 15 is 0 Å². The van der Waals surface area contributed by atoms with Crippen LogP contribution in [0.2, 0.25) is 0 Å². The van der Waals surface area contributed by atoms with Crippen LogP contribution in [0.3, 0.4) is 0 Å². The standard InChI is InChI=1S/C2H6FIS2/c1-2-6(3,4)5/h6H,2H2,1H3. The maximum atomic E-state index is 12.0. The number of hydrogen-bond acceptors (Lipinski definition) is 1. The minimum atomic E-state index is -2.34. The van der Waals surface area contributed by atoms with Crippen molar-refractivity contribution in [3.8, 4) is 0 Å². The Labute approximate surface area is 54.9 Å². The van der Waals surface area contributed by atoms with Gasteiger partial charge >= 0.3 is 0 Å². The van der Waals surface area contributed by atoms with Gasteiger partial charge in [0.1, 0.15) is 0 Å². The second kappa shape index (κ2) is 2.52. The Morgan fingerprint density at radius 3 is 2.17 bits per heavy atom. The number of halogens is 2. The van der Waals surface area contributed by atoms with Crippen molar-refractivity contribution in [2.75, 3.05) is 5.75 Å². The molecule has 40 valence electrons. The first-order chi connectivity index (χ1) is 2.56. The number of rotatable bonds is 1. The number of hydrogen-bond donors (Lipinski definition) is 1. The van der Waals surface area contributed by atoms with E-state index in [0.717, 1.165) is 0 Å². The van der Waals surface area contributed by atoms with Gasteiger partial charge in [0, 0.05) is 27.0 Å². The van der Waals surface area contributed by atoms with Gasteiger partial charge in [0.05, 0.1) is 0 Å². The molecule has 0 saturated heterocycles. The van der Waals surface area contributed by atoms with Crippen LogP contribution in [0.25, 0.3) is 0 Å². The average molecular weight is 240 g/mol. The summed E-state index contributed by atoms with van der Waals surface area (Å²) in [7, 11) is 0. The van der Waals surface area contributed by atoms with E-state index in [-0.39, 0.29) is 0 Å². The first kappa shape index (κ1) is 7.23. The molecule has 0 N–H and O–H groups in total. The fourth-order valence-electron chi connectivity index (χ4n) is 0. The SMILES string of the molecule is CC[SH](F)(=S)I. The second-order valence-electron chi connectivity index (χ2n) is 0.886. The molecule has 0 rings (SSSR count). The summed E-state index contributed by atoms with van der Waals surface area (Å²) in [6.07, 6.45) is -2.34. The van der Waals surface area contributed by atoms with Crippen LogP contribution in [-0.2, 0) is 17.3 Å². The van der Waals surface area contributed by atoms with E-state index in [0.29, 0.717) is 5.75 Å². The summed E-state index contributed by atoms with van der Waals surface area (Å²) in [6.45, 7) is 1.77. The second-order valence-corrected chi connectivity index (χ2v) is 10.9. The Morgan fingerprint density at radius 2 is 2.17 bits per heavy atom. The maximum Gasteiger partial charge on any atom is 0.0101 e. The molecule has 0 spiro atoms. The topological polar surface area (TPSA) is 0 Å². The average Bonchev–Trinajstić information content (AvgIpc) is 1.35. The Balaban J connectivity index is 3.48. The molecule has 0 aliphatic heterocycles. The summed E-state index contributed by atoms with van der Waals surface area (Å²) in [6, 6.07) is 0. The summed E-state index contributed by atoms with van der Waals surface area (Å²) in [5.41, 5.74) is 0. The third kappa shape index (κ3) is 5.23. The van der Waals surface area contributed by atoms with Crippen LogP contribution in [0, 0.1) is 0 Å². The van der Waals surface area contributed by atoms with Gasteiger partial charge in [-0.05, 0) is 17.3 Å². The lowest BCUT2D eigenvalue weighted by atomic mass is 11.0. The molecule has 0 aliphatic carbocycles. The molecule has 0 fully saturated rings. The summed E-state index contributed by atoms with van der Waals surface area (Å²) >= 11 is 6.12. The molecule has 0 heterocycles. The van der Waals surface area contributed by atoms with Crippen molar-refractivity contribution in [3.05, 3.63) is 0 Å². The largest absolute Gasteiger partial charge is 0.179 e. The maximum absolute atomic E-state index is 12.0. The zero-order valence-corrected chi connectivity index (χ0v) is 7.19. The minimum Gasteiger partial charge on any atom is -0.179 e. The summed E-state index contributed by atoms with van der Waals surface area (Å²) in [5.74, 6) is 0.517. The molecule has 0 saturated carbocycles. The molecule has 0 bridgehead atoms. The van der Waals surface area contributed by atoms with Crippen molar-refractivity contribution in [3.63, 3.8) is 0 Å². The van der Waals surface area contributed by atoms with Crippen LogP contribution in [0.5, 0.6) is 0 Å². The van der Waals surface area contributed by atoms with Crippen molar-refractivity contribution in [1.29, 1.82) is 0 Å². The van der Waals surface area contributed by atoms with E-state index in [2.05, 4.69) is 11.2 Å². The quantitative estimate of drug-likeness (QED) is 0.412. The highest BCUT2D eigenvalue weighted by Crippen LogP contribution is 2.15. The molecule has 0 nitrogen and oxygen atoms in total. The Bertz CT molecular complexity index is 75.6. The van der Waals surface area contributed by atoms with Crippen LogP contribution in [0.15, 0.2) is 0 Å². The van der Waals surface area contributed by atoms with Crippen LogP contribution < -0.4 is 0 Å². The molecule has 0 radical (unpaired) electrons. The zero-order chi connectivity index (χ0) is 5.21. The van der Waals surface area contributed by atoms with Crippen molar-refractivity contribution in [2.45, 2.75) is 6.92 Å². The van der Waals surface area contributed by atoms with Gasteiger partial charge < -0.3 is 0 Å². The fourth-order valence-corrected chi connectivity index (χ4v) is 0. The van der Waals surface area contributed by atoms with Crippen molar-refractivity contribution >= 4 is 38.5 Å². The molecule has 0 aliphatic rings. The highest BCUT2D eigenvalue weighted by atomic mass is 127. The normalized spacial score (nSPS) is 14.5. The molecule has 0 atom stereocenters. The van der Waals surface area contributed by atoms with Gasteiger partial charge in [0.15, 0.2) is 0 Å². The van der Waals surface area contributed by atoms with Crippen molar-refractivity contribution in [1.82, 2.24) is 0 Å². The highest BCUT2D eigenvalue weighted by Gasteiger charge is 1.93. The van der Waals surface area contributed by atoms with Crippen molar-refractivity contribution in [2.24, 2.45) is 0 Å². The Hall–Kier alpha value is 1.23. The smallest absolute Gasteiger partial charge is 0.0101 e. The van der Waals surface area contributed by atoms with Gasteiger partial charge in [-0.15, -0.1) is 0 Å². The van der Waals surface area contributed by atoms with Crippen molar-refractivity contribution < 1.29 is 3.89 Å². The van der Waals surface area contributed by atoms with Gasteiger partial charge in [-0.2, -0.15) is 3.89 Å². The van der Waals surface area contributed by atoms with E-state index in [4.69, 9.17) is 0 Å². The predicted molar refractivity (Wildman–Crippen MR) is 41.8 cm³/mol.